The molecule has 3 heterocycles. The number of carbonyl (C=O) groups excluding carboxylic acids is 2. The van der Waals surface area contributed by atoms with E-state index in [9.17, 15) is 9.59 Å². The van der Waals surface area contributed by atoms with Crippen molar-refractivity contribution in [1.29, 1.82) is 0 Å². The van der Waals surface area contributed by atoms with Gasteiger partial charge in [-0.1, -0.05) is 36.4 Å². The minimum Gasteiger partial charge on any atom is -0.486 e. The van der Waals surface area contributed by atoms with Crippen molar-refractivity contribution < 1.29 is 28.5 Å². The molecule has 3 aliphatic heterocycles. The topological polar surface area (TPSA) is 86.3 Å². The Morgan fingerprint density at radius 1 is 0.838 bits per heavy atom. The summed E-state index contributed by atoms with van der Waals surface area (Å²) in [5.41, 5.74) is 1.57. The molecule has 0 saturated carbocycles. The van der Waals surface area contributed by atoms with Gasteiger partial charge < -0.3 is 24.3 Å². The Bertz CT molecular complexity index is 1400. The van der Waals surface area contributed by atoms with Crippen LogP contribution < -0.4 is 29.2 Å². The zero-order valence-corrected chi connectivity index (χ0v) is 20.4. The zero-order valence-electron chi connectivity index (χ0n) is 20.4. The van der Waals surface area contributed by atoms with Gasteiger partial charge in [-0.2, -0.15) is 0 Å². The third-order valence-electron chi connectivity index (χ3n) is 6.83. The van der Waals surface area contributed by atoms with Crippen LogP contribution in [-0.4, -0.2) is 43.8 Å². The van der Waals surface area contributed by atoms with Crippen LogP contribution in [0.4, 0.5) is 11.4 Å². The van der Waals surface area contributed by atoms with Crippen LogP contribution in [0.5, 0.6) is 23.0 Å². The van der Waals surface area contributed by atoms with Gasteiger partial charge >= 0.3 is 0 Å². The highest BCUT2D eigenvalue weighted by Crippen LogP contribution is 2.46. The molecule has 3 aromatic rings. The molecule has 0 aromatic heterocycles. The molecular weight excluding hydrogens is 472 g/mol. The summed E-state index contributed by atoms with van der Waals surface area (Å²) in [6.45, 7) is 3.70. The van der Waals surface area contributed by atoms with E-state index >= 15 is 0 Å². The minimum atomic E-state index is -1.23. The summed E-state index contributed by atoms with van der Waals surface area (Å²) >= 11 is 0. The van der Waals surface area contributed by atoms with Gasteiger partial charge in [-0.05, 0) is 42.3 Å². The number of ether oxygens (including phenoxy) is 4. The van der Waals surface area contributed by atoms with E-state index in [1.165, 1.54) is 0 Å². The van der Waals surface area contributed by atoms with E-state index < -0.39 is 5.54 Å². The first-order valence-electron chi connectivity index (χ1n) is 12.2. The van der Waals surface area contributed by atoms with Gasteiger partial charge in [0.25, 0.3) is 5.91 Å². The van der Waals surface area contributed by atoms with Gasteiger partial charge in [0.2, 0.25) is 5.91 Å². The quantitative estimate of drug-likeness (QED) is 0.524. The van der Waals surface area contributed by atoms with Crippen LogP contribution in [0.3, 0.4) is 0 Å². The molecule has 8 heteroatoms. The van der Waals surface area contributed by atoms with Crippen molar-refractivity contribution in [2.45, 2.75) is 18.9 Å². The predicted molar refractivity (Wildman–Crippen MR) is 138 cm³/mol. The van der Waals surface area contributed by atoms with Crippen LogP contribution in [0.15, 0.2) is 72.3 Å². The predicted octanol–water partition coefficient (Wildman–Crippen LogP) is 4.45. The average Bonchev–Trinajstić information content (AvgIpc) is 2.91. The second kappa shape index (κ2) is 9.20. The van der Waals surface area contributed by atoms with Gasteiger partial charge in [0.05, 0.1) is 6.42 Å². The van der Waals surface area contributed by atoms with Gasteiger partial charge in [-0.3, -0.25) is 14.5 Å². The van der Waals surface area contributed by atoms with Gasteiger partial charge in [-0.15, -0.1) is 0 Å². The van der Waals surface area contributed by atoms with Crippen molar-refractivity contribution >= 4 is 29.3 Å². The van der Waals surface area contributed by atoms with Crippen LogP contribution in [0.2, 0.25) is 0 Å². The normalized spacial score (nSPS) is 20.2. The Balaban J connectivity index is 1.40. The summed E-state index contributed by atoms with van der Waals surface area (Å²) < 4.78 is 22.7. The number of hydrogen-bond donors (Lipinski definition) is 1. The summed E-state index contributed by atoms with van der Waals surface area (Å²) in [6.07, 6.45) is 1.98. The first-order chi connectivity index (χ1) is 18.0. The van der Waals surface area contributed by atoms with Gasteiger partial charge in [0.15, 0.2) is 28.5 Å². The second-order valence-corrected chi connectivity index (χ2v) is 9.14. The molecule has 188 valence electrons. The molecule has 0 radical (unpaired) electrons. The van der Waals surface area contributed by atoms with E-state index in [0.29, 0.717) is 60.8 Å². The SMILES string of the molecule is CC(=Cc1ccccc1)C1(C(=O)Nc2ccc3c(c2)OCCO3)CC(=O)N1c1ccc2c(c1)OCCO2. The Hall–Kier alpha value is -4.46. The number of amides is 2. The Kier molecular flexibility index (Phi) is 5.71. The molecule has 3 aliphatic rings. The molecule has 0 aliphatic carbocycles. The van der Waals surface area contributed by atoms with Crippen LogP contribution in [0.25, 0.3) is 6.08 Å². The van der Waals surface area contributed by atoms with Gasteiger partial charge in [0, 0.05) is 23.5 Å². The zero-order chi connectivity index (χ0) is 25.4. The highest BCUT2D eigenvalue weighted by molar-refractivity contribution is 6.19. The molecule has 1 unspecified atom stereocenters. The maximum absolute atomic E-state index is 14.1. The van der Waals surface area contributed by atoms with E-state index in [1.807, 2.05) is 43.3 Å². The number of β-lactam (4-membered cyclic amide) rings is 1. The first kappa shape index (κ1) is 23.0. The lowest BCUT2D eigenvalue weighted by molar-refractivity contribution is -0.135. The lowest BCUT2D eigenvalue weighted by Gasteiger charge is -2.51. The molecule has 1 atom stereocenters. The molecular formula is C29H26N2O6. The van der Waals surface area contributed by atoms with E-state index in [1.54, 1.807) is 41.3 Å². The highest BCUT2D eigenvalue weighted by Gasteiger charge is 2.58. The van der Waals surface area contributed by atoms with Crippen molar-refractivity contribution in [3.63, 3.8) is 0 Å². The number of benzene rings is 3. The van der Waals surface area contributed by atoms with E-state index in [2.05, 4.69) is 5.32 Å². The minimum absolute atomic E-state index is 0.0347. The number of nitrogens with one attached hydrogen (secondary N) is 1. The highest BCUT2D eigenvalue weighted by atomic mass is 16.6. The van der Waals surface area contributed by atoms with Crippen molar-refractivity contribution in [3.8, 4) is 23.0 Å². The molecule has 1 fully saturated rings. The maximum atomic E-state index is 14.1. The molecule has 2 amide bonds. The Morgan fingerprint density at radius 2 is 1.46 bits per heavy atom. The first-order valence-corrected chi connectivity index (χ1v) is 12.2. The van der Waals surface area contributed by atoms with E-state index in [4.69, 9.17) is 18.9 Å². The molecule has 3 aromatic carbocycles. The molecule has 1 N–H and O–H groups in total. The lowest BCUT2D eigenvalue weighted by atomic mass is 9.75. The summed E-state index contributed by atoms with van der Waals surface area (Å²) in [5, 5.41) is 3.02. The lowest BCUT2D eigenvalue weighted by Crippen LogP contribution is -2.70. The number of anilines is 2. The summed E-state index contributed by atoms with van der Waals surface area (Å²) in [6, 6.07) is 20.3. The Labute approximate surface area is 214 Å². The third kappa shape index (κ3) is 4.04. The van der Waals surface area contributed by atoms with Crippen LogP contribution >= 0.6 is 0 Å². The van der Waals surface area contributed by atoms with Gasteiger partial charge in [0.1, 0.15) is 26.4 Å². The monoisotopic (exact) mass is 498 g/mol. The fourth-order valence-electron chi connectivity index (χ4n) is 4.99. The summed E-state index contributed by atoms with van der Waals surface area (Å²) in [4.78, 5) is 28.7. The standard InChI is InChI=1S/C29H26N2O6/c1-19(15-20-5-3-2-4-6-20)29(28(33)30-21-7-9-23-25(16-21)36-13-11-34-23)18-27(32)31(29)22-8-10-24-26(17-22)37-14-12-35-24/h2-10,15-17H,11-14,18H2,1H3,(H,30,33). The molecule has 8 nitrogen and oxygen atoms in total. The summed E-state index contributed by atoms with van der Waals surface area (Å²) in [7, 11) is 0. The maximum Gasteiger partial charge on any atom is 0.255 e. The molecule has 6 rings (SSSR count). The molecule has 0 spiro atoms. The smallest absolute Gasteiger partial charge is 0.255 e. The van der Waals surface area contributed by atoms with E-state index in [-0.39, 0.29) is 18.2 Å². The number of rotatable bonds is 5. The second-order valence-electron chi connectivity index (χ2n) is 9.14. The van der Waals surface area contributed by atoms with Crippen molar-refractivity contribution in [3.05, 3.63) is 77.9 Å². The number of carbonyl (C=O) groups is 2. The van der Waals surface area contributed by atoms with Gasteiger partial charge in [-0.25, -0.2) is 0 Å². The van der Waals surface area contributed by atoms with E-state index in [0.717, 1.165) is 11.1 Å². The van der Waals surface area contributed by atoms with Crippen molar-refractivity contribution in [1.82, 2.24) is 0 Å². The molecule has 0 bridgehead atoms. The van der Waals surface area contributed by atoms with Crippen LogP contribution in [-0.2, 0) is 9.59 Å². The fourth-order valence-corrected chi connectivity index (χ4v) is 4.99. The average molecular weight is 499 g/mol. The molecule has 1 saturated heterocycles. The fraction of sp³-hybridized carbons (Fsp3) is 0.241. The Morgan fingerprint density at radius 3 is 2.14 bits per heavy atom. The third-order valence-corrected chi connectivity index (χ3v) is 6.83. The van der Waals surface area contributed by atoms with Crippen molar-refractivity contribution in [2.24, 2.45) is 0 Å². The molecule has 37 heavy (non-hydrogen) atoms. The van der Waals surface area contributed by atoms with Crippen LogP contribution in [0, 0.1) is 0 Å². The number of fused-ring (bicyclic) bond motifs is 2. The number of hydrogen-bond acceptors (Lipinski definition) is 6. The van der Waals surface area contributed by atoms with Crippen molar-refractivity contribution in [2.75, 3.05) is 36.6 Å². The summed E-state index contributed by atoms with van der Waals surface area (Å²) in [5.74, 6) is 1.90. The largest absolute Gasteiger partial charge is 0.486 e. The van der Waals surface area contributed by atoms with Crippen LogP contribution in [0.1, 0.15) is 18.9 Å². The number of nitrogens with zero attached hydrogens (tertiary/aromatic N) is 1.